The summed E-state index contributed by atoms with van der Waals surface area (Å²) in [5.41, 5.74) is 1.06. The molecule has 0 saturated carbocycles. The molecule has 0 radical (unpaired) electrons. The Labute approximate surface area is 103 Å². The first-order valence-corrected chi connectivity index (χ1v) is 6.29. The Bertz CT molecular complexity index is 375. The van der Waals surface area contributed by atoms with Crippen LogP contribution in [0.25, 0.3) is 0 Å². The molecule has 0 spiro atoms. The van der Waals surface area contributed by atoms with Crippen molar-refractivity contribution in [2.24, 2.45) is 0 Å². The zero-order valence-corrected chi connectivity index (χ0v) is 10.8. The maximum atomic E-state index is 4.53. The fourth-order valence-electron chi connectivity index (χ4n) is 2.28. The van der Waals surface area contributed by atoms with Gasteiger partial charge in [-0.15, -0.1) is 6.58 Å². The molecule has 1 N–H and O–H groups in total. The molecule has 0 aliphatic carbocycles. The van der Waals surface area contributed by atoms with Crippen LogP contribution in [-0.4, -0.2) is 40.6 Å². The van der Waals surface area contributed by atoms with E-state index in [4.69, 9.17) is 0 Å². The number of hydrogen-bond donors (Lipinski definition) is 1. The van der Waals surface area contributed by atoms with E-state index in [1.54, 1.807) is 0 Å². The summed E-state index contributed by atoms with van der Waals surface area (Å²) in [6.07, 6.45) is 6.35. The number of anilines is 1. The van der Waals surface area contributed by atoms with Gasteiger partial charge in [-0.3, -0.25) is 0 Å². The number of aryl methyl sites for hydroxylation is 1. The summed E-state index contributed by atoms with van der Waals surface area (Å²) in [7, 11) is 2.18. The van der Waals surface area contributed by atoms with Gasteiger partial charge in [0.2, 0.25) is 5.95 Å². The molecule has 2 rings (SSSR count). The molecular formula is C13H22N4. The quantitative estimate of drug-likeness (QED) is 0.808. The van der Waals surface area contributed by atoms with Crippen LogP contribution in [-0.2, 0) is 6.54 Å². The van der Waals surface area contributed by atoms with E-state index < -0.39 is 0 Å². The molecule has 4 nitrogen and oxygen atoms in total. The van der Waals surface area contributed by atoms with E-state index in [0.717, 1.165) is 18.2 Å². The molecule has 0 amide bonds. The number of imidazole rings is 1. The molecule has 1 aromatic heterocycles. The van der Waals surface area contributed by atoms with E-state index in [9.17, 15) is 0 Å². The number of likely N-dealkylation sites (tertiary alicyclic amines) is 1. The minimum absolute atomic E-state index is 0.552. The van der Waals surface area contributed by atoms with E-state index in [1.165, 1.54) is 25.9 Å². The fraction of sp³-hybridized carbons (Fsp3) is 0.615. The van der Waals surface area contributed by atoms with Gasteiger partial charge < -0.3 is 14.8 Å². The Balaban J connectivity index is 2.00. The number of aromatic nitrogens is 2. The lowest BCUT2D eigenvalue weighted by Gasteiger charge is -2.29. The first-order chi connectivity index (χ1) is 8.19. The summed E-state index contributed by atoms with van der Waals surface area (Å²) in [5, 5.41) is 3.55. The molecule has 17 heavy (non-hydrogen) atoms. The Kier molecular flexibility index (Phi) is 3.84. The summed E-state index contributed by atoms with van der Waals surface area (Å²) in [5.74, 6) is 0.983. The molecular weight excluding hydrogens is 212 g/mol. The van der Waals surface area contributed by atoms with Gasteiger partial charge in [-0.05, 0) is 39.9 Å². The van der Waals surface area contributed by atoms with Crippen molar-refractivity contribution in [2.45, 2.75) is 32.4 Å². The van der Waals surface area contributed by atoms with Crippen LogP contribution in [0.5, 0.6) is 0 Å². The van der Waals surface area contributed by atoms with Gasteiger partial charge in [0, 0.05) is 18.8 Å². The molecule has 4 heteroatoms. The van der Waals surface area contributed by atoms with Crippen LogP contribution in [0.3, 0.4) is 0 Å². The largest absolute Gasteiger partial charge is 0.353 e. The number of piperidine rings is 1. The third-order valence-electron chi connectivity index (χ3n) is 3.27. The van der Waals surface area contributed by atoms with Crippen molar-refractivity contribution in [1.29, 1.82) is 0 Å². The predicted octanol–water partition coefficient (Wildman–Crippen LogP) is 1.88. The number of nitrogens with one attached hydrogen (secondary N) is 1. The topological polar surface area (TPSA) is 33.1 Å². The second-order valence-electron chi connectivity index (χ2n) is 4.87. The molecule has 1 saturated heterocycles. The zero-order valence-electron chi connectivity index (χ0n) is 10.8. The molecule has 1 aliphatic rings. The SMILES string of the molecule is C=CCn1cc(C)nc1NC1CCN(C)CC1. The maximum Gasteiger partial charge on any atom is 0.203 e. The van der Waals surface area contributed by atoms with Gasteiger partial charge in [-0.1, -0.05) is 6.08 Å². The van der Waals surface area contributed by atoms with Crippen molar-refractivity contribution in [3.8, 4) is 0 Å². The number of nitrogens with zero attached hydrogens (tertiary/aromatic N) is 3. The molecule has 0 atom stereocenters. The average molecular weight is 234 g/mol. The molecule has 0 aromatic carbocycles. The highest BCUT2D eigenvalue weighted by Crippen LogP contribution is 2.16. The molecule has 1 aromatic rings. The highest BCUT2D eigenvalue weighted by molar-refractivity contribution is 5.30. The summed E-state index contributed by atoms with van der Waals surface area (Å²) in [4.78, 5) is 6.91. The Morgan fingerprint density at radius 2 is 2.24 bits per heavy atom. The molecule has 1 fully saturated rings. The lowest BCUT2D eigenvalue weighted by molar-refractivity contribution is 0.263. The highest BCUT2D eigenvalue weighted by Gasteiger charge is 2.18. The van der Waals surface area contributed by atoms with E-state index in [0.29, 0.717) is 6.04 Å². The van der Waals surface area contributed by atoms with Crippen LogP contribution in [0.1, 0.15) is 18.5 Å². The van der Waals surface area contributed by atoms with Gasteiger partial charge in [-0.25, -0.2) is 4.98 Å². The predicted molar refractivity (Wildman–Crippen MR) is 71.3 cm³/mol. The third kappa shape index (κ3) is 3.09. The highest BCUT2D eigenvalue weighted by atomic mass is 15.2. The Morgan fingerprint density at radius 1 is 1.53 bits per heavy atom. The molecule has 1 aliphatic heterocycles. The summed E-state index contributed by atoms with van der Waals surface area (Å²) in [6, 6.07) is 0.552. The standard InChI is InChI=1S/C13H22N4/c1-4-7-17-10-11(2)14-13(17)15-12-5-8-16(3)9-6-12/h4,10,12H,1,5-9H2,2-3H3,(H,14,15). The smallest absolute Gasteiger partial charge is 0.203 e. The Morgan fingerprint density at radius 3 is 2.88 bits per heavy atom. The lowest BCUT2D eigenvalue weighted by atomic mass is 10.1. The van der Waals surface area contributed by atoms with Crippen molar-refractivity contribution < 1.29 is 0 Å². The first kappa shape index (κ1) is 12.2. The molecule has 0 bridgehead atoms. The van der Waals surface area contributed by atoms with E-state index in [2.05, 4.69) is 39.6 Å². The molecule has 0 unspecified atom stereocenters. The van der Waals surface area contributed by atoms with Gasteiger partial charge in [0.05, 0.1) is 5.69 Å². The molecule has 94 valence electrons. The zero-order chi connectivity index (χ0) is 12.3. The van der Waals surface area contributed by atoms with E-state index >= 15 is 0 Å². The van der Waals surface area contributed by atoms with Crippen molar-refractivity contribution in [3.05, 3.63) is 24.5 Å². The first-order valence-electron chi connectivity index (χ1n) is 6.29. The Hall–Kier alpha value is -1.29. The second-order valence-corrected chi connectivity index (χ2v) is 4.87. The van der Waals surface area contributed by atoms with Crippen LogP contribution >= 0.6 is 0 Å². The fourth-order valence-corrected chi connectivity index (χ4v) is 2.28. The summed E-state index contributed by atoms with van der Waals surface area (Å²) < 4.78 is 2.13. The number of hydrogen-bond acceptors (Lipinski definition) is 3. The van der Waals surface area contributed by atoms with Crippen LogP contribution < -0.4 is 5.32 Å². The van der Waals surface area contributed by atoms with E-state index in [1.807, 2.05) is 13.0 Å². The van der Waals surface area contributed by atoms with Crippen molar-refractivity contribution in [2.75, 3.05) is 25.5 Å². The van der Waals surface area contributed by atoms with Crippen molar-refractivity contribution in [1.82, 2.24) is 14.5 Å². The lowest BCUT2D eigenvalue weighted by Crippen LogP contribution is -2.37. The number of rotatable bonds is 4. The van der Waals surface area contributed by atoms with Crippen LogP contribution in [0.15, 0.2) is 18.9 Å². The maximum absolute atomic E-state index is 4.53. The van der Waals surface area contributed by atoms with Gasteiger partial charge in [0.25, 0.3) is 0 Å². The summed E-state index contributed by atoms with van der Waals surface area (Å²) in [6.45, 7) is 8.95. The van der Waals surface area contributed by atoms with Crippen LogP contribution in [0.2, 0.25) is 0 Å². The van der Waals surface area contributed by atoms with Crippen LogP contribution in [0, 0.1) is 6.92 Å². The van der Waals surface area contributed by atoms with Crippen molar-refractivity contribution in [3.63, 3.8) is 0 Å². The monoisotopic (exact) mass is 234 g/mol. The van der Waals surface area contributed by atoms with Crippen LogP contribution in [0.4, 0.5) is 5.95 Å². The summed E-state index contributed by atoms with van der Waals surface area (Å²) >= 11 is 0. The number of allylic oxidation sites excluding steroid dienone is 1. The van der Waals surface area contributed by atoms with Crippen molar-refractivity contribution >= 4 is 5.95 Å². The van der Waals surface area contributed by atoms with Gasteiger partial charge in [-0.2, -0.15) is 0 Å². The van der Waals surface area contributed by atoms with Gasteiger partial charge >= 0.3 is 0 Å². The molecule has 2 heterocycles. The minimum atomic E-state index is 0.552. The van der Waals surface area contributed by atoms with E-state index in [-0.39, 0.29) is 0 Å². The van der Waals surface area contributed by atoms with Gasteiger partial charge in [0.1, 0.15) is 0 Å². The minimum Gasteiger partial charge on any atom is -0.353 e. The second kappa shape index (κ2) is 5.36. The normalized spacial score (nSPS) is 18.2. The average Bonchev–Trinajstić information content (AvgIpc) is 2.63. The third-order valence-corrected chi connectivity index (χ3v) is 3.27. The van der Waals surface area contributed by atoms with Gasteiger partial charge in [0.15, 0.2) is 0 Å².